The number of hydrogen-bond donors (Lipinski definition) is 0. The molecule has 7 aromatic carbocycles. The van der Waals surface area contributed by atoms with Crippen LogP contribution in [-0.4, -0.2) is 19.5 Å². The molecule has 0 aromatic heterocycles. The van der Waals surface area contributed by atoms with Gasteiger partial charge in [0.15, 0.2) is 0 Å². The molecule has 0 heterocycles. The summed E-state index contributed by atoms with van der Waals surface area (Å²) in [6.07, 6.45) is 15.8. The van der Waals surface area contributed by atoms with Crippen molar-refractivity contribution in [2.45, 2.75) is 65.7 Å². The van der Waals surface area contributed by atoms with Crippen LogP contribution >= 0.6 is 0 Å². The number of fused-ring (bicyclic) bond motifs is 8. The molecule has 0 unspecified atom stereocenters. The zero-order valence-corrected chi connectivity index (χ0v) is 37.5. The second-order valence-electron chi connectivity index (χ2n) is 17.1. The Balaban J connectivity index is 0.00000249. The van der Waals surface area contributed by atoms with Gasteiger partial charge in [0.25, 0.3) is 0 Å². The molecule has 0 spiro atoms. The minimum absolute atomic E-state index is 0.0194. The molecule has 63 heavy (non-hydrogen) atoms. The van der Waals surface area contributed by atoms with Crippen molar-refractivity contribution in [2.24, 2.45) is 0 Å². The fourth-order valence-corrected chi connectivity index (χ4v) is 9.93. The van der Waals surface area contributed by atoms with Gasteiger partial charge in [-0.25, -0.2) is 0 Å². The van der Waals surface area contributed by atoms with E-state index in [1.54, 1.807) is 7.11 Å². The summed E-state index contributed by atoms with van der Waals surface area (Å²) in [5.41, 5.74) is 16.9. The van der Waals surface area contributed by atoms with E-state index in [0.29, 0.717) is 11.5 Å². The van der Waals surface area contributed by atoms with Crippen molar-refractivity contribution in [2.75, 3.05) is 7.11 Å². The minimum atomic E-state index is -0.0194. The first-order valence-corrected chi connectivity index (χ1v) is 22.6. The van der Waals surface area contributed by atoms with Gasteiger partial charge in [-0.05, 0) is 12.8 Å². The molecule has 3 heteroatoms. The molecule has 3 aliphatic rings. The summed E-state index contributed by atoms with van der Waals surface area (Å²) in [4.78, 5) is 0. The van der Waals surface area contributed by atoms with Crippen LogP contribution in [0.1, 0.15) is 92.8 Å². The van der Waals surface area contributed by atoms with Gasteiger partial charge in [-0.2, -0.15) is 0 Å². The first kappa shape index (κ1) is 41.6. The van der Waals surface area contributed by atoms with Crippen molar-refractivity contribution >= 4 is 56.6 Å². The molecule has 0 fully saturated rings. The zero-order valence-electron chi connectivity index (χ0n) is 37.5. The molecule has 0 saturated carbocycles. The predicted octanol–water partition coefficient (Wildman–Crippen LogP) is 15.8. The quantitative estimate of drug-likeness (QED) is 0.0821. The van der Waals surface area contributed by atoms with Crippen LogP contribution in [-0.2, 0) is 11.8 Å². The van der Waals surface area contributed by atoms with E-state index in [1.807, 2.05) is 19.9 Å². The summed E-state index contributed by atoms with van der Waals surface area (Å²) in [5, 5.41) is 5.24. The van der Waals surface area contributed by atoms with E-state index >= 15 is 0 Å². The molecule has 3 aliphatic carbocycles. The van der Waals surface area contributed by atoms with Gasteiger partial charge in [0.05, 0.1) is 0 Å². The maximum Gasteiger partial charge on any atom is -0.0683 e. The summed E-state index contributed by atoms with van der Waals surface area (Å²) in [7, 11) is 1.72. The Bertz CT molecular complexity index is 3080. The summed E-state index contributed by atoms with van der Waals surface area (Å²) in [6.45, 7) is 17.7. The van der Waals surface area contributed by atoms with Crippen LogP contribution in [0.3, 0.4) is 0 Å². The van der Waals surface area contributed by atoms with Crippen LogP contribution in [0.25, 0.3) is 55.4 Å². The molecule has 0 aliphatic heterocycles. The minimum Gasteiger partial charge on any atom is -0.0683 e. The topological polar surface area (TPSA) is 18.5 Å². The van der Waals surface area contributed by atoms with E-state index in [4.69, 9.17) is 9.47 Å². The molecule has 0 atom stereocenters. The van der Waals surface area contributed by atoms with Gasteiger partial charge < -0.3 is 0 Å². The molecule has 2 nitrogen and oxygen atoms in total. The Morgan fingerprint density at radius 1 is 0.635 bits per heavy atom. The first-order valence-electron chi connectivity index (χ1n) is 22.6. The summed E-state index contributed by atoms with van der Waals surface area (Å²) >= 11 is 0. The molecular formula is C60H55BO2. The number of ether oxygens (including phenoxy) is 2. The third kappa shape index (κ3) is 7.76. The fraction of sp³-hybridized carbons (Fsp3) is 0.183. The molecule has 310 valence electrons. The number of allylic oxidation sites excluding steroid dienone is 7. The molecule has 0 saturated heterocycles. The number of rotatable bonds is 9. The van der Waals surface area contributed by atoms with Gasteiger partial charge >= 0.3 is 306 Å². The van der Waals surface area contributed by atoms with Crippen LogP contribution < -0.4 is 9.47 Å². The van der Waals surface area contributed by atoms with Crippen LogP contribution in [0, 0.1) is 0 Å². The molecule has 0 N–H and O–H groups in total. The van der Waals surface area contributed by atoms with Gasteiger partial charge in [-0.3, -0.25) is 0 Å². The normalized spacial score (nSPS) is 15.0. The van der Waals surface area contributed by atoms with Crippen LogP contribution in [0.2, 0.25) is 0 Å². The molecule has 0 radical (unpaired) electrons. The smallest absolute Gasteiger partial charge is 0.0683 e. The summed E-state index contributed by atoms with van der Waals surface area (Å²) in [6, 6.07) is 47.8. The average molecular weight is 819 g/mol. The number of benzene rings is 7. The van der Waals surface area contributed by atoms with Gasteiger partial charge in [0.1, 0.15) is 0 Å². The Labute approximate surface area is 374 Å². The number of hydrogen-bond acceptors (Lipinski definition) is 2. The Morgan fingerprint density at radius 3 is 2.19 bits per heavy atom. The maximum absolute atomic E-state index is 6.75. The average Bonchev–Trinajstić information content (AvgIpc) is 3.58. The molecular weight excluding hydrogens is 763 g/mol. The third-order valence-electron chi connectivity index (χ3n) is 13.1. The van der Waals surface area contributed by atoms with Crippen molar-refractivity contribution in [3.8, 4) is 28.4 Å². The van der Waals surface area contributed by atoms with E-state index in [-0.39, 0.29) is 5.41 Å². The van der Waals surface area contributed by atoms with Gasteiger partial charge in [-0.1, -0.05) is 51.5 Å². The van der Waals surface area contributed by atoms with E-state index in [0.717, 1.165) is 75.8 Å². The van der Waals surface area contributed by atoms with Crippen LogP contribution in [0.5, 0.6) is 17.2 Å². The SMILES string of the molecule is C=C(/C=C(\B=C(C)c1cccc(-c2ccc(Oc3cccc4c3C3=C(CCC=C3)C4(C)C)c(OC)c2)c1)c1ccc2c3c(c4ccccc4c2c1)CCC=C3)c1ccccc1.CC. The third-order valence-corrected chi connectivity index (χ3v) is 13.1. The van der Waals surface area contributed by atoms with Crippen molar-refractivity contribution in [1.29, 1.82) is 0 Å². The van der Waals surface area contributed by atoms with Crippen molar-refractivity contribution in [3.05, 3.63) is 209 Å². The Morgan fingerprint density at radius 2 is 1.37 bits per heavy atom. The van der Waals surface area contributed by atoms with Crippen molar-refractivity contribution < 1.29 is 9.47 Å². The largest absolute Gasteiger partial charge is 0.0683 e. The van der Waals surface area contributed by atoms with E-state index in [9.17, 15) is 0 Å². The second kappa shape index (κ2) is 17.6. The Hall–Kier alpha value is -6.71. The maximum atomic E-state index is 6.75. The Kier molecular flexibility index (Phi) is 11.6. The van der Waals surface area contributed by atoms with Gasteiger partial charge in [-0.15, -0.1) is 0 Å². The number of aryl methyl sites for hydroxylation is 1. The molecule has 10 rings (SSSR count). The van der Waals surface area contributed by atoms with Crippen molar-refractivity contribution in [3.63, 3.8) is 0 Å². The second-order valence-corrected chi connectivity index (χ2v) is 17.1. The monoisotopic (exact) mass is 818 g/mol. The zero-order chi connectivity index (χ0) is 43.7. The molecule has 0 bridgehead atoms. The van der Waals surface area contributed by atoms with Gasteiger partial charge in [0.2, 0.25) is 0 Å². The van der Waals surface area contributed by atoms with E-state index < -0.39 is 0 Å². The molecule has 7 aromatic rings. The van der Waals surface area contributed by atoms with Crippen LogP contribution in [0.4, 0.5) is 0 Å². The van der Waals surface area contributed by atoms with Gasteiger partial charge in [0, 0.05) is 5.41 Å². The first-order chi connectivity index (χ1) is 30.8. The predicted molar refractivity (Wildman–Crippen MR) is 272 cm³/mol. The number of methoxy groups -OCH3 is 1. The fourth-order valence-electron chi connectivity index (χ4n) is 9.93. The van der Waals surface area contributed by atoms with Crippen LogP contribution in [0.15, 0.2) is 170 Å². The molecule has 0 amide bonds. The summed E-state index contributed by atoms with van der Waals surface area (Å²) < 4.78 is 12.8. The van der Waals surface area contributed by atoms with E-state index in [2.05, 4.69) is 192 Å². The standard InChI is InChI=1S/C58H49BO2.C2H6/c1-37(39-17-7-6-8-18-39)33-53(43-29-31-48-46-23-10-9-21-44(46)45-22-11-12-24-47(45)50(48)35-43)59-38(2)40-19-15-20-41(34-40)42-30-32-54(56(36-42)60-5)61-55-28-16-27-52-57(55)49-25-13-14-26-51(49)58(52,3)4;1-2/h6-8,10-13,15-20,22-25,27-36H,1,9,14,21,26H2,2-5H3;1-2H3/b53-33-;. The summed E-state index contributed by atoms with van der Waals surface area (Å²) in [5.74, 6) is 2.26. The van der Waals surface area contributed by atoms with E-state index in [1.165, 1.54) is 54.9 Å². The van der Waals surface area contributed by atoms with Crippen molar-refractivity contribution in [1.82, 2.24) is 0 Å².